The van der Waals surface area contributed by atoms with Crippen molar-refractivity contribution in [2.45, 2.75) is 0 Å². The number of carbonyl (C=O) groups is 1. The van der Waals surface area contributed by atoms with Gasteiger partial charge in [0, 0.05) is 41.7 Å². The Morgan fingerprint density at radius 1 is 1.12 bits per heavy atom. The zero-order valence-corrected chi connectivity index (χ0v) is 14.6. The molecule has 0 spiro atoms. The average Bonchev–Trinajstić information content (AvgIpc) is 3.32. The summed E-state index contributed by atoms with van der Waals surface area (Å²) < 4.78 is 1.82. The van der Waals surface area contributed by atoms with E-state index in [1.54, 1.807) is 6.20 Å². The third kappa shape index (κ3) is 3.09. The summed E-state index contributed by atoms with van der Waals surface area (Å²) in [6.07, 6.45) is 3.73. The molecule has 4 rings (SSSR count). The van der Waals surface area contributed by atoms with Gasteiger partial charge in [0.15, 0.2) is 0 Å². The highest BCUT2D eigenvalue weighted by Crippen LogP contribution is 2.25. The summed E-state index contributed by atoms with van der Waals surface area (Å²) in [5.41, 5.74) is 2.47. The Hall–Kier alpha value is -2.12. The van der Waals surface area contributed by atoms with Crippen molar-refractivity contribution in [3.63, 3.8) is 0 Å². The molecule has 5 nitrogen and oxygen atoms in total. The van der Waals surface area contributed by atoms with Crippen LogP contribution in [0, 0.1) is 0 Å². The van der Waals surface area contributed by atoms with Gasteiger partial charge in [0.2, 0.25) is 0 Å². The van der Waals surface area contributed by atoms with Crippen molar-refractivity contribution in [3.8, 4) is 16.3 Å². The lowest BCUT2D eigenvalue weighted by molar-refractivity contribution is 0.0767. The molecule has 0 radical (unpaired) electrons. The standard InChI is InChI=1S/C17H16N4OS2/c22-17(20-6-8-23-9-7-20)15-12-24-16(19-15)13-10-18-21(11-13)14-4-2-1-3-5-14/h1-5,10-12H,6-9H2. The van der Waals surface area contributed by atoms with Gasteiger partial charge in [-0.25, -0.2) is 9.67 Å². The number of benzene rings is 1. The number of amides is 1. The Bertz CT molecular complexity index is 837. The molecule has 0 N–H and O–H groups in total. The summed E-state index contributed by atoms with van der Waals surface area (Å²) >= 11 is 3.38. The van der Waals surface area contributed by atoms with Crippen molar-refractivity contribution in [1.82, 2.24) is 19.7 Å². The molecule has 1 aliphatic heterocycles. The summed E-state index contributed by atoms with van der Waals surface area (Å²) in [5, 5.41) is 7.06. The number of rotatable bonds is 3. The highest BCUT2D eigenvalue weighted by Gasteiger charge is 2.21. The van der Waals surface area contributed by atoms with Gasteiger partial charge in [-0.2, -0.15) is 16.9 Å². The number of carbonyl (C=O) groups excluding carboxylic acids is 1. The normalized spacial score (nSPS) is 14.8. The molecule has 1 aliphatic rings. The smallest absolute Gasteiger partial charge is 0.273 e. The van der Waals surface area contributed by atoms with E-state index >= 15 is 0 Å². The van der Waals surface area contributed by atoms with Gasteiger partial charge < -0.3 is 4.90 Å². The van der Waals surface area contributed by atoms with Gasteiger partial charge in [-0.15, -0.1) is 11.3 Å². The maximum absolute atomic E-state index is 12.5. The Morgan fingerprint density at radius 3 is 2.71 bits per heavy atom. The number of aromatic nitrogens is 3. The largest absolute Gasteiger partial charge is 0.336 e. The van der Waals surface area contributed by atoms with Gasteiger partial charge >= 0.3 is 0 Å². The van der Waals surface area contributed by atoms with Crippen LogP contribution in [0.3, 0.4) is 0 Å². The minimum Gasteiger partial charge on any atom is -0.336 e. The molecule has 7 heteroatoms. The van der Waals surface area contributed by atoms with Gasteiger partial charge in [0.1, 0.15) is 10.7 Å². The van der Waals surface area contributed by atoms with Crippen LogP contribution in [-0.2, 0) is 0 Å². The molecule has 1 fully saturated rings. The van der Waals surface area contributed by atoms with Gasteiger partial charge in [-0.05, 0) is 12.1 Å². The minimum atomic E-state index is 0.0354. The van der Waals surface area contributed by atoms with Crippen LogP contribution in [0.2, 0.25) is 0 Å². The van der Waals surface area contributed by atoms with E-state index in [9.17, 15) is 4.79 Å². The molecule has 1 aromatic carbocycles. The fourth-order valence-corrected chi connectivity index (χ4v) is 4.26. The first-order valence-electron chi connectivity index (χ1n) is 7.74. The van der Waals surface area contributed by atoms with Crippen molar-refractivity contribution < 1.29 is 4.79 Å². The molecule has 24 heavy (non-hydrogen) atoms. The minimum absolute atomic E-state index is 0.0354. The van der Waals surface area contributed by atoms with Crippen LogP contribution >= 0.6 is 23.1 Å². The summed E-state index contributed by atoms with van der Waals surface area (Å²) in [6, 6.07) is 9.94. The summed E-state index contributed by atoms with van der Waals surface area (Å²) in [4.78, 5) is 18.9. The third-order valence-electron chi connectivity index (χ3n) is 3.87. The van der Waals surface area contributed by atoms with E-state index in [1.807, 2.05) is 63.3 Å². The van der Waals surface area contributed by atoms with Crippen molar-refractivity contribution in [1.29, 1.82) is 0 Å². The van der Waals surface area contributed by atoms with Gasteiger partial charge in [0.05, 0.1) is 11.9 Å². The number of thiazole rings is 1. The van der Waals surface area contributed by atoms with Crippen LogP contribution in [-0.4, -0.2) is 50.2 Å². The zero-order valence-electron chi connectivity index (χ0n) is 13.0. The molecule has 0 saturated carbocycles. The number of para-hydroxylation sites is 1. The Morgan fingerprint density at radius 2 is 1.92 bits per heavy atom. The lowest BCUT2D eigenvalue weighted by Crippen LogP contribution is -2.38. The molecule has 2 aromatic heterocycles. The summed E-state index contributed by atoms with van der Waals surface area (Å²) in [5.74, 6) is 2.05. The van der Waals surface area contributed by atoms with Gasteiger partial charge in [0.25, 0.3) is 5.91 Å². The predicted molar refractivity (Wildman–Crippen MR) is 97.9 cm³/mol. The number of hydrogen-bond donors (Lipinski definition) is 0. The number of nitrogens with zero attached hydrogens (tertiary/aromatic N) is 4. The molecule has 122 valence electrons. The van der Waals surface area contributed by atoms with Crippen molar-refractivity contribution >= 4 is 29.0 Å². The van der Waals surface area contributed by atoms with Crippen molar-refractivity contribution in [3.05, 3.63) is 53.8 Å². The second-order valence-corrected chi connectivity index (χ2v) is 7.53. The molecule has 3 aromatic rings. The van der Waals surface area contributed by atoms with Crippen LogP contribution in [0.25, 0.3) is 16.3 Å². The maximum Gasteiger partial charge on any atom is 0.273 e. The van der Waals surface area contributed by atoms with Crippen LogP contribution in [0.4, 0.5) is 0 Å². The van der Waals surface area contributed by atoms with Crippen LogP contribution in [0.15, 0.2) is 48.1 Å². The second-order valence-electron chi connectivity index (χ2n) is 5.45. The van der Waals surface area contributed by atoms with Crippen LogP contribution in [0.5, 0.6) is 0 Å². The van der Waals surface area contributed by atoms with E-state index in [4.69, 9.17) is 0 Å². The first kappa shape index (κ1) is 15.4. The Balaban J connectivity index is 1.55. The molecular formula is C17H16N4OS2. The highest BCUT2D eigenvalue weighted by molar-refractivity contribution is 7.99. The molecule has 0 bridgehead atoms. The predicted octanol–water partition coefficient (Wildman–Crippen LogP) is 3.18. The van der Waals surface area contributed by atoms with Crippen molar-refractivity contribution in [2.24, 2.45) is 0 Å². The zero-order chi connectivity index (χ0) is 16.4. The molecule has 1 amide bonds. The molecule has 1 saturated heterocycles. The first-order valence-corrected chi connectivity index (χ1v) is 9.78. The van der Waals surface area contributed by atoms with E-state index in [1.165, 1.54) is 11.3 Å². The van der Waals surface area contributed by atoms with E-state index in [-0.39, 0.29) is 5.91 Å². The highest BCUT2D eigenvalue weighted by atomic mass is 32.2. The molecule has 0 aliphatic carbocycles. The topological polar surface area (TPSA) is 51.0 Å². The summed E-state index contributed by atoms with van der Waals surface area (Å²) in [7, 11) is 0. The van der Waals surface area contributed by atoms with Gasteiger partial charge in [-0.3, -0.25) is 4.79 Å². The van der Waals surface area contributed by atoms with Crippen molar-refractivity contribution in [2.75, 3.05) is 24.6 Å². The Labute approximate surface area is 148 Å². The quantitative estimate of drug-likeness (QED) is 0.723. The van der Waals surface area contributed by atoms with E-state index in [2.05, 4.69) is 10.1 Å². The number of thioether (sulfide) groups is 1. The third-order valence-corrected chi connectivity index (χ3v) is 5.71. The summed E-state index contributed by atoms with van der Waals surface area (Å²) in [6.45, 7) is 1.62. The second kappa shape index (κ2) is 6.78. The van der Waals surface area contributed by atoms with E-state index in [0.717, 1.165) is 40.9 Å². The van der Waals surface area contributed by atoms with Crippen LogP contribution in [0.1, 0.15) is 10.5 Å². The van der Waals surface area contributed by atoms with E-state index in [0.29, 0.717) is 5.69 Å². The number of hydrogen-bond acceptors (Lipinski definition) is 5. The molecule has 3 heterocycles. The maximum atomic E-state index is 12.5. The lowest BCUT2D eigenvalue weighted by atomic mass is 10.3. The molecular weight excluding hydrogens is 340 g/mol. The van der Waals surface area contributed by atoms with Crippen LogP contribution < -0.4 is 0 Å². The average molecular weight is 356 g/mol. The Kier molecular flexibility index (Phi) is 4.36. The fraction of sp³-hybridized carbons (Fsp3) is 0.235. The SMILES string of the molecule is O=C(c1csc(-c2cnn(-c3ccccc3)c2)n1)N1CCSCC1. The van der Waals surface area contributed by atoms with E-state index < -0.39 is 0 Å². The molecule has 0 unspecified atom stereocenters. The fourth-order valence-electron chi connectivity index (χ4n) is 2.59. The lowest BCUT2D eigenvalue weighted by Gasteiger charge is -2.25. The first-order chi connectivity index (χ1) is 11.8. The van der Waals surface area contributed by atoms with Gasteiger partial charge in [-0.1, -0.05) is 18.2 Å². The monoisotopic (exact) mass is 356 g/mol. The molecule has 0 atom stereocenters.